The van der Waals surface area contributed by atoms with Gasteiger partial charge >= 0.3 is 5.91 Å². The summed E-state index contributed by atoms with van der Waals surface area (Å²) in [4.78, 5) is 35.2. The third kappa shape index (κ3) is 6.98. The quantitative estimate of drug-likeness (QED) is 0.442. The second kappa shape index (κ2) is 14.5. The third-order valence-electron chi connectivity index (χ3n) is 7.41. The van der Waals surface area contributed by atoms with Crippen molar-refractivity contribution in [3.05, 3.63) is 91.0 Å². The van der Waals surface area contributed by atoms with Gasteiger partial charge in [0.15, 0.2) is 24.8 Å². The molecule has 10 nitrogen and oxygen atoms in total. The molecule has 3 aromatic rings. The molecule has 0 fully saturated rings. The molecule has 0 radical (unpaired) electrons. The molecular weight excluding hydrogens is 554 g/mol. The lowest BCUT2D eigenvalue weighted by Gasteiger charge is -2.12. The zero-order chi connectivity index (χ0) is 31.8. The number of carbonyl (C=O) groups excluding carboxylic acids is 3. The zero-order valence-corrected chi connectivity index (χ0v) is 26.1. The SMILES string of the molecule is CC1=NN(c2ccccc2)C(=O)C1.CC[N+]1=C(C)C(N)C(=O)N1c1ccccc1.CC[N+]1=C(C)CC(=O)N1c1ccccc1. The molecule has 228 valence electrons. The first-order valence-electron chi connectivity index (χ1n) is 14.8. The van der Waals surface area contributed by atoms with Gasteiger partial charge in [-0.15, -0.1) is 9.37 Å². The molecule has 1 unspecified atom stereocenters. The number of hydrazine groups is 2. The van der Waals surface area contributed by atoms with Gasteiger partial charge < -0.3 is 5.73 Å². The molecule has 0 aromatic heterocycles. The van der Waals surface area contributed by atoms with E-state index in [1.54, 1.807) is 10.0 Å². The number of hydrazone groups is 3. The van der Waals surface area contributed by atoms with Crippen LogP contribution in [0, 0.1) is 0 Å². The van der Waals surface area contributed by atoms with Crippen molar-refractivity contribution in [1.82, 2.24) is 0 Å². The van der Waals surface area contributed by atoms with Crippen LogP contribution in [0.25, 0.3) is 0 Å². The maximum absolute atomic E-state index is 12.0. The van der Waals surface area contributed by atoms with Crippen molar-refractivity contribution in [2.24, 2.45) is 10.8 Å². The van der Waals surface area contributed by atoms with Gasteiger partial charge in [0.25, 0.3) is 11.8 Å². The minimum atomic E-state index is -0.514. The molecule has 6 rings (SSSR count). The van der Waals surface area contributed by atoms with Gasteiger partial charge in [0, 0.05) is 19.6 Å². The first-order chi connectivity index (χ1) is 21.2. The second-order valence-corrected chi connectivity index (χ2v) is 10.5. The highest BCUT2D eigenvalue weighted by atomic mass is 16.2. The second-order valence-electron chi connectivity index (χ2n) is 10.5. The lowest BCUT2D eigenvalue weighted by atomic mass is 10.2. The van der Waals surface area contributed by atoms with Gasteiger partial charge in [0.2, 0.25) is 5.71 Å². The molecule has 44 heavy (non-hydrogen) atoms. The fourth-order valence-electron chi connectivity index (χ4n) is 5.26. The predicted octanol–water partition coefficient (Wildman–Crippen LogP) is 4.40. The van der Waals surface area contributed by atoms with E-state index in [1.807, 2.05) is 128 Å². The van der Waals surface area contributed by atoms with Crippen LogP contribution in [0.5, 0.6) is 0 Å². The molecule has 1 atom stereocenters. The minimum absolute atomic E-state index is 0.0451. The number of carbonyl (C=O) groups is 3. The van der Waals surface area contributed by atoms with E-state index in [0.29, 0.717) is 12.8 Å². The number of amides is 3. The average molecular weight is 596 g/mol. The van der Waals surface area contributed by atoms with Crippen molar-refractivity contribution < 1.29 is 23.8 Å². The van der Waals surface area contributed by atoms with Crippen LogP contribution < -0.4 is 20.8 Å². The van der Waals surface area contributed by atoms with Gasteiger partial charge in [-0.25, -0.2) is 5.01 Å². The van der Waals surface area contributed by atoms with E-state index < -0.39 is 6.04 Å². The van der Waals surface area contributed by atoms with Crippen molar-refractivity contribution in [2.75, 3.05) is 28.1 Å². The summed E-state index contributed by atoms with van der Waals surface area (Å²) < 4.78 is 3.94. The molecule has 0 aliphatic carbocycles. The lowest BCUT2D eigenvalue weighted by molar-refractivity contribution is -0.523. The lowest BCUT2D eigenvalue weighted by Crippen LogP contribution is -2.40. The van der Waals surface area contributed by atoms with Crippen molar-refractivity contribution in [3.63, 3.8) is 0 Å². The van der Waals surface area contributed by atoms with Crippen LogP contribution in [0.1, 0.15) is 47.5 Å². The Bertz CT molecular complexity index is 1580. The molecular formula is C34H41N7O3+2. The molecule has 3 amide bonds. The van der Waals surface area contributed by atoms with Gasteiger partial charge in [-0.2, -0.15) is 5.10 Å². The summed E-state index contributed by atoms with van der Waals surface area (Å²) in [6.45, 7) is 11.4. The summed E-state index contributed by atoms with van der Waals surface area (Å²) in [5, 5.41) is 9.01. The van der Waals surface area contributed by atoms with Gasteiger partial charge in [0.1, 0.15) is 17.8 Å². The Morgan fingerprint density at radius 2 is 1.16 bits per heavy atom. The van der Waals surface area contributed by atoms with Crippen LogP contribution in [0.3, 0.4) is 0 Å². The van der Waals surface area contributed by atoms with E-state index in [4.69, 9.17) is 5.73 Å². The third-order valence-corrected chi connectivity index (χ3v) is 7.41. The highest BCUT2D eigenvalue weighted by Gasteiger charge is 2.43. The first-order valence-corrected chi connectivity index (χ1v) is 14.8. The summed E-state index contributed by atoms with van der Waals surface area (Å²) in [5.41, 5.74) is 11.4. The average Bonchev–Trinajstić information content (AvgIpc) is 3.62. The molecule has 10 heteroatoms. The van der Waals surface area contributed by atoms with E-state index in [0.717, 1.165) is 47.3 Å². The van der Waals surface area contributed by atoms with Crippen LogP contribution in [0.2, 0.25) is 0 Å². The fraction of sp³-hybridized carbons (Fsp3) is 0.294. The molecule has 3 aromatic carbocycles. The number of benzene rings is 3. The highest BCUT2D eigenvalue weighted by Crippen LogP contribution is 2.21. The van der Waals surface area contributed by atoms with E-state index in [2.05, 4.69) is 12.0 Å². The number of anilines is 3. The molecule has 0 saturated carbocycles. The number of nitrogens with zero attached hydrogens (tertiary/aromatic N) is 6. The zero-order valence-electron chi connectivity index (χ0n) is 26.1. The van der Waals surface area contributed by atoms with Crippen molar-refractivity contribution in [1.29, 1.82) is 0 Å². The Morgan fingerprint density at radius 3 is 1.61 bits per heavy atom. The maximum atomic E-state index is 12.0. The normalized spacial score (nSPS) is 18.0. The predicted molar refractivity (Wildman–Crippen MR) is 175 cm³/mol. The van der Waals surface area contributed by atoms with Crippen molar-refractivity contribution in [3.8, 4) is 0 Å². The van der Waals surface area contributed by atoms with Crippen LogP contribution in [0.15, 0.2) is 96.1 Å². The Kier molecular flexibility index (Phi) is 10.5. The summed E-state index contributed by atoms with van der Waals surface area (Å²) >= 11 is 0. The van der Waals surface area contributed by atoms with Crippen molar-refractivity contribution >= 4 is 51.9 Å². The van der Waals surface area contributed by atoms with Crippen molar-refractivity contribution in [2.45, 2.75) is 53.5 Å². The Hall–Kier alpha value is -4.96. The molecule has 2 N–H and O–H groups in total. The molecule has 3 heterocycles. The van der Waals surface area contributed by atoms with Crippen LogP contribution >= 0.6 is 0 Å². The number of nitrogens with two attached hydrogens (primary N) is 1. The van der Waals surface area contributed by atoms with E-state index in [1.165, 1.54) is 5.01 Å². The Labute approximate surface area is 258 Å². The van der Waals surface area contributed by atoms with Gasteiger partial charge in [-0.1, -0.05) is 64.6 Å². The molecule has 0 spiro atoms. The van der Waals surface area contributed by atoms with Crippen LogP contribution in [0.4, 0.5) is 17.1 Å². The number of para-hydroxylation sites is 3. The number of hydrogen-bond acceptors (Lipinski definition) is 5. The summed E-state index contributed by atoms with van der Waals surface area (Å²) in [6, 6.07) is 28.3. The number of rotatable bonds is 5. The molecule has 0 bridgehead atoms. The van der Waals surface area contributed by atoms with E-state index in [9.17, 15) is 14.4 Å². The summed E-state index contributed by atoms with van der Waals surface area (Å²) in [7, 11) is 0. The van der Waals surface area contributed by atoms with Crippen LogP contribution in [-0.4, -0.2) is 63.4 Å². The minimum Gasteiger partial charge on any atom is -0.311 e. The summed E-state index contributed by atoms with van der Waals surface area (Å²) in [6.07, 6.45) is 0.970. The van der Waals surface area contributed by atoms with Gasteiger partial charge in [0.05, 0.1) is 12.1 Å². The van der Waals surface area contributed by atoms with Gasteiger partial charge in [-0.05, 0) is 57.2 Å². The largest absolute Gasteiger partial charge is 0.311 e. The first kappa shape index (κ1) is 32.0. The fourth-order valence-corrected chi connectivity index (χ4v) is 5.26. The monoisotopic (exact) mass is 595 g/mol. The van der Waals surface area contributed by atoms with Gasteiger partial charge in [-0.3, -0.25) is 14.4 Å². The standard InChI is InChI=1S/C12H16N3O.C12H15N2O.C10H10N2O/c1-3-14-9(2)11(13)12(16)15(14)10-7-5-4-6-8-10;1-3-13-10(2)9-12(15)14(13)11-7-5-4-6-8-11;1-8-7-10(13)12(11-8)9-5-3-2-4-6-9/h4-8,11H,3,13H2,1-2H3;4-8H,3,9H2,1-2H3;2-6H,7H2,1H3/q2*+1;. The van der Waals surface area contributed by atoms with Crippen LogP contribution in [-0.2, 0) is 14.4 Å². The molecule has 3 aliphatic heterocycles. The molecule has 3 aliphatic rings. The number of hydrogen-bond donors (Lipinski definition) is 1. The van der Waals surface area contributed by atoms with E-state index >= 15 is 0 Å². The Morgan fingerprint density at radius 1 is 0.682 bits per heavy atom. The Balaban J connectivity index is 0.000000151. The topological polar surface area (TPSA) is 105 Å². The summed E-state index contributed by atoms with van der Waals surface area (Å²) in [5.74, 6) is 0.134. The maximum Gasteiger partial charge on any atom is 0.310 e. The molecule has 0 saturated heterocycles. The highest BCUT2D eigenvalue weighted by molar-refractivity contribution is 6.14. The smallest absolute Gasteiger partial charge is 0.310 e. The van der Waals surface area contributed by atoms with E-state index in [-0.39, 0.29) is 17.7 Å².